The second-order valence-electron chi connectivity index (χ2n) is 8.51. The summed E-state index contributed by atoms with van der Waals surface area (Å²) in [6.45, 7) is 3.39. The molecule has 4 N–H and O–H groups in total. The zero-order chi connectivity index (χ0) is 18.2. The number of epoxide rings is 1. The summed E-state index contributed by atoms with van der Waals surface area (Å²) in [6, 6.07) is 0. The Balaban J connectivity index is 1.77. The van der Waals surface area contributed by atoms with Crippen molar-refractivity contribution in [1.82, 2.24) is 0 Å². The first-order valence-electron chi connectivity index (χ1n) is 8.44. The quantitative estimate of drug-likeness (QED) is 0.309. The first-order valence-corrected chi connectivity index (χ1v) is 9.94. The highest BCUT2D eigenvalue weighted by Gasteiger charge is 2.88. The first-order chi connectivity index (χ1) is 11.5. The van der Waals surface area contributed by atoms with Crippen molar-refractivity contribution in [3.05, 3.63) is 0 Å². The summed E-state index contributed by atoms with van der Waals surface area (Å²) in [5, 5.41) is 31.0. The minimum Gasteiger partial charge on any atom is -0.390 e. The lowest BCUT2D eigenvalue weighted by atomic mass is 9.49. The lowest BCUT2D eigenvalue weighted by Crippen LogP contribution is -2.76. The first kappa shape index (κ1) is 16.8. The van der Waals surface area contributed by atoms with E-state index in [1.54, 1.807) is 0 Å². The summed E-state index contributed by atoms with van der Waals surface area (Å²) in [5.74, 6) is -3.24. The standard InChI is InChI=1S/C15H22O9S/c1-6-8(25(19,20)21)10-13(4-23-15(6,18)11(13)17)12(2)3-7(16)9(24-10)14(12)5-22-14/h6-11,16-18H,3-5H2,1-2H3,(H,19,20,21)/t6-,7+,8-,9+,10+,11-,12+,13+,14-,15?/m0/s1. The second kappa shape index (κ2) is 4.22. The van der Waals surface area contributed by atoms with Crippen LogP contribution in [0.3, 0.4) is 0 Å². The van der Waals surface area contributed by atoms with E-state index in [4.69, 9.17) is 14.2 Å². The van der Waals surface area contributed by atoms with Gasteiger partial charge >= 0.3 is 0 Å². The van der Waals surface area contributed by atoms with Crippen molar-refractivity contribution in [3.8, 4) is 0 Å². The fourth-order valence-corrected chi connectivity index (χ4v) is 7.71. The van der Waals surface area contributed by atoms with Gasteiger partial charge in [-0.2, -0.15) is 8.42 Å². The van der Waals surface area contributed by atoms with Gasteiger partial charge in [0.25, 0.3) is 10.1 Å². The third-order valence-corrected chi connectivity index (χ3v) is 9.20. The van der Waals surface area contributed by atoms with Gasteiger partial charge in [-0.1, -0.05) is 13.8 Å². The number of hydrogen-bond acceptors (Lipinski definition) is 8. The smallest absolute Gasteiger partial charge is 0.270 e. The Bertz CT molecular complexity index is 750. The van der Waals surface area contributed by atoms with Crippen molar-refractivity contribution in [3.63, 3.8) is 0 Å². The van der Waals surface area contributed by atoms with E-state index in [1.807, 2.05) is 6.92 Å². The van der Waals surface area contributed by atoms with Crippen LogP contribution in [-0.2, 0) is 24.3 Å². The van der Waals surface area contributed by atoms with Crippen molar-refractivity contribution < 1.29 is 42.5 Å². The maximum Gasteiger partial charge on any atom is 0.270 e. The molecule has 4 bridgehead atoms. The predicted octanol–water partition coefficient (Wildman–Crippen LogP) is -1.73. The zero-order valence-electron chi connectivity index (χ0n) is 13.8. The molecule has 5 aliphatic rings. The summed E-state index contributed by atoms with van der Waals surface area (Å²) in [4.78, 5) is 0. The summed E-state index contributed by atoms with van der Waals surface area (Å²) < 4.78 is 51.4. The Hall–Kier alpha value is -0.330. The summed E-state index contributed by atoms with van der Waals surface area (Å²) in [6.07, 6.45) is -3.99. The number of ether oxygens (including phenoxy) is 3. The number of aliphatic hydroxyl groups excluding tert-OH is 2. The van der Waals surface area contributed by atoms with Gasteiger partial charge in [0.1, 0.15) is 23.1 Å². The SMILES string of the molecule is C[C@H]1[C@H](S(=O)(=O)O)[C@H]2O[C@@H]3[C@H](O)C[C@](C)([C@]24COC1(O)[C@H]4O)[C@]31CO1. The molecule has 3 aliphatic heterocycles. The molecule has 142 valence electrons. The molecule has 3 heterocycles. The number of hydrogen-bond donors (Lipinski definition) is 4. The third-order valence-electron chi connectivity index (χ3n) is 7.85. The van der Waals surface area contributed by atoms with E-state index in [1.165, 1.54) is 6.92 Å². The summed E-state index contributed by atoms with van der Waals surface area (Å²) >= 11 is 0. The number of aliphatic hydroxyl groups is 3. The van der Waals surface area contributed by atoms with Gasteiger partial charge in [-0.15, -0.1) is 0 Å². The van der Waals surface area contributed by atoms with E-state index in [0.717, 1.165) is 0 Å². The molecule has 2 spiro atoms. The van der Waals surface area contributed by atoms with Crippen LogP contribution in [0.5, 0.6) is 0 Å². The van der Waals surface area contributed by atoms with E-state index in [2.05, 4.69) is 0 Å². The minimum atomic E-state index is -4.62. The molecule has 2 aliphatic carbocycles. The summed E-state index contributed by atoms with van der Waals surface area (Å²) in [7, 11) is -4.62. The van der Waals surface area contributed by atoms with Crippen LogP contribution < -0.4 is 0 Å². The minimum absolute atomic E-state index is 0.146. The zero-order valence-corrected chi connectivity index (χ0v) is 14.6. The lowest BCUT2D eigenvalue weighted by molar-refractivity contribution is -0.300. The van der Waals surface area contributed by atoms with Crippen molar-refractivity contribution in [2.45, 2.75) is 61.3 Å². The van der Waals surface area contributed by atoms with Crippen LogP contribution >= 0.6 is 0 Å². The van der Waals surface area contributed by atoms with E-state index >= 15 is 0 Å². The molecular formula is C15H22O9S. The molecule has 5 fully saturated rings. The molecule has 0 aromatic heterocycles. The Morgan fingerprint density at radius 2 is 1.76 bits per heavy atom. The average Bonchev–Trinajstić information content (AvgIpc) is 3.22. The largest absolute Gasteiger partial charge is 0.390 e. The highest BCUT2D eigenvalue weighted by molar-refractivity contribution is 7.86. The fourth-order valence-electron chi connectivity index (χ4n) is 6.38. The van der Waals surface area contributed by atoms with Crippen LogP contribution in [0.4, 0.5) is 0 Å². The fraction of sp³-hybridized carbons (Fsp3) is 1.00. The van der Waals surface area contributed by atoms with Crippen LogP contribution in [0.15, 0.2) is 0 Å². The van der Waals surface area contributed by atoms with E-state index in [9.17, 15) is 28.3 Å². The highest BCUT2D eigenvalue weighted by atomic mass is 32.2. The molecule has 0 aromatic carbocycles. The second-order valence-corrected chi connectivity index (χ2v) is 10.1. The molecule has 3 saturated heterocycles. The van der Waals surface area contributed by atoms with Crippen molar-refractivity contribution >= 4 is 10.1 Å². The number of fused-ring (bicyclic) bond motifs is 1. The Kier molecular flexibility index (Phi) is 2.84. The Labute approximate surface area is 144 Å². The molecule has 2 saturated carbocycles. The topological polar surface area (TPSA) is 146 Å². The molecule has 5 rings (SSSR count). The molecule has 0 amide bonds. The average molecular weight is 378 g/mol. The number of rotatable bonds is 1. The Morgan fingerprint density at radius 1 is 1.12 bits per heavy atom. The Morgan fingerprint density at radius 3 is 2.32 bits per heavy atom. The molecule has 0 radical (unpaired) electrons. The van der Waals surface area contributed by atoms with Crippen molar-refractivity contribution in [2.75, 3.05) is 13.2 Å². The van der Waals surface area contributed by atoms with Crippen LogP contribution in [0.1, 0.15) is 20.3 Å². The highest BCUT2D eigenvalue weighted by Crippen LogP contribution is 2.75. The van der Waals surface area contributed by atoms with Gasteiger partial charge in [0, 0.05) is 11.3 Å². The van der Waals surface area contributed by atoms with E-state index in [-0.39, 0.29) is 13.0 Å². The molecule has 1 unspecified atom stereocenters. The van der Waals surface area contributed by atoms with Crippen LogP contribution in [-0.4, -0.2) is 82.6 Å². The molecular weight excluding hydrogens is 356 g/mol. The summed E-state index contributed by atoms with van der Waals surface area (Å²) in [5.41, 5.74) is -3.04. The van der Waals surface area contributed by atoms with Crippen molar-refractivity contribution in [2.24, 2.45) is 16.7 Å². The van der Waals surface area contributed by atoms with Gasteiger partial charge in [0.15, 0.2) is 5.79 Å². The maximum atomic E-state index is 12.1. The van der Waals surface area contributed by atoms with Crippen molar-refractivity contribution in [1.29, 1.82) is 0 Å². The lowest BCUT2D eigenvalue weighted by Gasteiger charge is -2.60. The molecule has 10 heteroatoms. The van der Waals surface area contributed by atoms with Crippen LogP contribution in [0.2, 0.25) is 0 Å². The normalized spacial score (nSPS) is 65.2. The molecule has 9 nitrogen and oxygen atoms in total. The van der Waals surface area contributed by atoms with Gasteiger partial charge in [-0.05, 0) is 6.42 Å². The molecule has 0 aromatic rings. The molecule has 10 atom stereocenters. The maximum absolute atomic E-state index is 12.1. The van der Waals surface area contributed by atoms with Crippen LogP contribution in [0.25, 0.3) is 0 Å². The van der Waals surface area contributed by atoms with E-state index in [0.29, 0.717) is 6.61 Å². The monoisotopic (exact) mass is 378 g/mol. The van der Waals surface area contributed by atoms with Gasteiger partial charge < -0.3 is 29.5 Å². The van der Waals surface area contributed by atoms with Crippen LogP contribution in [0, 0.1) is 16.7 Å². The van der Waals surface area contributed by atoms with E-state index < -0.39 is 67.9 Å². The predicted molar refractivity (Wildman–Crippen MR) is 79.9 cm³/mol. The van der Waals surface area contributed by atoms with Gasteiger partial charge in [0.05, 0.1) is 30.8 Å². The van der Waals surface area contributed by atoms with Gasteiger partial charge in [0.2, 0.25) is 0 Å². The van der Waals surface area contributed by atoms with Gasteiger partial charge in [-0.25, -0.2) is 0 Å². The van der Waals surface area contributed by atoms with Gasteiger partial charge in [-0.3, -0.25) is 4.55 Å². The molecule has 25 heavy (non-hydrogen) atoms. The third kappa shape index (κ3) is 1.48.